The number of ether oxygens (including phenoxy) is 1. The van der Waals surface area contributed by atoms with Gasteiger partial charge in [-0.25, -0.2) is 8.78 Å². The molecule has 0 saturated carbocycles. The predicted molar refractivity (Wildman–Crippen MR) is 80.4 cm³/mol. The zero-order chi connectivity index (χ0) is 14.7. The molecule has 2 rings (SSSR count). The normalized spacial score (nSPS) is 12.4. The summed E-state index contributed by atoms with van der Waals surface area (Å²) in [5.74, 6) is -0.330. The average molecular weight is 362 g/mol. The molecule has 0 saturated heterocycles. The van der Waals surface area contributed by atoms with Crippen molar-refractivity contribution in [1.29, 1.82) is 0 Å². The molecule has 0 fully saturated rings. The van der Waals surface area contributed by atoms with E-state index in [4.69, 9.17) is 4.74 Å². The molecule has 1 aromatic carbocycles. The van der Waals surface area contributed by atoms with Crippen LogP contribution in [0.2, 0.25) is 0 Å². The zero-order valence-electron chi connectivity index (χ0n) is 11.0. The highest BCUT2D eigenvalue weighted by atomic mass is 79.9. The van der Waals surface area contributed by atoms with Crippen LogP contribution >= 0.6 is 27.3 Å². The van der Waals surface area contributed by atoms with Gasteiger partial charge in [-0.15, -0.1) is 11.3 Å². The SMILES string of the molecule is CNC(Cc1c(F)ccc(Br)c1F)c1cc(OC)cs1. The van der Waals surface area contributed by atoms with Crippen LogP contribution in [0, 0.1) is 11.6 Å². The second-order valence-corrected chi connectivity index (χ2v) is 6.05. The van der Waals surface area contributed by atoms with E-state index >= 15 is 0 Å². The van der Waals surface area contributed by atoms with Crippen molar-refractivity contribution in [3.05, 3.63) is 50.1 Å². The number of rotatable bonds is 5. The van der Waals surface area contributed by atoms with E-state index in [0.29, 0.717) is 0 Å². The van der Waals surface area contributed by atoms with Gasteiger partial charge in [0, 0.05) is 21.9 Å². The van der Waals surface area contributed by atoms with Crippen molar-refractivity contribution >= 4 is 27.3 Å². The van der Waals surface area contributed by atoms with Gasteiger partial charge < -0.3 is 10.1 Å². The number of methoxy groups -OCH3 is 1. The van der Waals surface area contributed by atoms with Crippen molar-refractivity contribution in [2.45, 2.75) is 12.5 Å². The highest BCUT2D eigenvalue weighted by Crippen LogP contribution is 2.31. The molecule has 6 heteroatoms. The van der Waals surface area contributed by atoms with E-state index in [0.717, 1.165) is 10.6 Å². The summed E-state index contributed by atoms with van der Waals surface area (Å²) in [5.41, 5.74) is 0.0751. The number of hydrogen-bond donors (Lipinski definition) is 1. The monoisotopic (exact) mass is 361 g/mol. The van der Waals surface area contributed by atoms with Crippen molar-refractivity contribution in [3.8, 4) is 5.75 Å². The Morgan fingerprint density at radius 2 is 2.15 bits per heavy atom. The Morgan fingerprint density at radius 3 is 2.75 bits per heavy atom. The predicted octanol–water partition coefficient (Wildman–Crippen LogP) is 4.30. The maximum atomic E-state index is 14.0. The van der Waals surface area contributed by atoms with E-state index in [9.17, 15) is 8.78 Å². The molecule has 1 aromatic heterocycles. The van der Waals surface area contributed by atoms with Crippen molar-refractivity contribution in [1.82, 2.24) is 5.32 Å². The van der Waals surface area contributed by atoms with E-state index in [1.54, 1.807) is 14.2 Å². The van der Waals surface area contributed by atoms with Crippen molar-refractivity contribution in [2.75, 3.05) is 14.2 Å². The Balaban J connectivity index is 2.29. The van der Waals surface area contributed by atoms with Gasteiger partial charge in [-0.05, 0) is 47.6 Å². The molecule has 1 unspecified atom stereocenters. The highest BCUT2D eigenvalue weighted by molar-refractivity contribution is 9.10. The second-order valence-electron chi connectivity index (χ2n) is 4.26. The van der Waals surface area contributed by atoms with Gasteiger partial charge >= 0.3 is 0 Å². The molecule has 108 valence electrons. The van der Waals surface area contributed by atoms with E-state index < -0.39 is 11.6 Å². The van der Waals surface area contributed by atoms with Crippen LogP contribution in [0.5, 0.6) is 5.75 Å². The van der Waals surface area contributed by atoms with Crippen molar-refractivity contribution < 1.29 is 13.5 Å². The average Bonchev–Trinajstić information content (AvgIpc) is 2.92. The lowest BCUT2D eigenvalue weighted by Gasteiger charge is -2.16. The minimum absolute atomic E-state index is 0.0751. The molecule has 2 nitrogen and oxygen atoms in total. The first-order valence-corrected chi connectivity index (χ1v) is 7.66. The quantitative estimate of drug-likeness (QED) is 0.801. The summed E-state index contributed by atoms with van der Waals surface area (Å²) in [4.78, 5) is 0.975. The van der Waals surface area contributed by atoms with Crippen molar-refractivity contribution in [2.24, 2.45) is 0 Å². The van der Waals surface area contributed by atoms with E-state index in [2.05, 4.69) is 21.2 Å². The summed E-state index contributed by atoms with van der Waals surface area (Å²) in [7, 11) is 3.36. The van der Waals surface area contributed by atoms with Gasteiger partial charge in [0.15, 0.2) is 0 Å². The van der Waals surface area contributed by atoms with Gasteiger partial charge in [0.1, 0.15) is 17.4 Å². The van der Waals surface area contributed by atoms with Gasteiger partial charge in [-0.3, -0.25) is 0 Å². The summed E-state index contributed by atoms with van der Waals surface area (Å²) in [6, 6.07) is 4.35. The van der Waals surface area contributed by atoms with Gasteiger partial charge in [0.25, 0.3) is 0 Å². The molecular formula is C14H14BrF2NOS. The third-order valence-corrected chi connectivity index (χ3v) is 4.71. The molecule has 2 aromatic rings. The lowest BCUT2D eigenvalue weighted by atomic mass is 10.0. The lowest BCUT2D eigenvalue weighted by Crippen LogP contribution is -2.19. The van der Waals surface area contributed by atoms with Crippen LogP contribution in [-0.2, 0) is 6.42 Å². The molecular weight excluding hydrogens is 348 g/mol. The van der Waals surface area contributed by atoms with Crippen LogP contribution in [-0.4, -0.2) is 14.2 Å². The molecule has 0 amide bonds. The van der Waals surface area contributed by atoms with Crippen LogP contribution in [0.3, 0.4) is 0 Å². The standard InChI is InChI=1S/C14H14BrF2NOS/c1-18-12(13-5-8(19-2)7-20-13)6-9-11(16)4-3-10(15)14(9)17/h3-5,7,12,18H,6H2,1-2H3. The van der Waals surface area contributed by atoms with Gasteiger partial charge in [-0.1, -0.05) is 0 Å². The first-order chi connectivity index (χ1) is 9.56. The summed E-state index contributed by atoms with van der Waals surface area (Å²) < 4.78 is 33.2. The Hall–Kier alpha value is -0.980. The minimum Gasteiger partial charge on any atom is -0.496 e. The van der Waals surface area contributed by atoms with Crippen LogP contribution in [0.4, 0.5) is 8.78 Å². The van der Waals surface area contributed by atoms with Gasteiger partial charge in [0.05, 0.1) is 11.6 Å². The minimum atomic E-state index is -0.547. The summed E-state index contributed by atoms with van der Waals surface area (Å²) in [6.07, 6.45) is 0.233. The zero-order valence-corrected chi connectivity index (χ0v) is 13.4. The number of nitrogens with one attached hydrogen (secondary N) is 1. The highest BCUT2D eigenvalue weighted by Gasteiger charge is 2.19. The third-order valence-electron chi connectivity index (χ3n) is 3.07. The van der Waals surface area contributed by atoms with Crippen LogP contribution < -0.4 is 10.1 Å². The fraction of sp³-hybridized carbons (Fsp3) is 0.286. The van der Waals surface area contributed by atoms with Crippen LogP contribution in [0.1, 0.15) is 16.5 Å². The van der Waals surface area contributed by atoms with Gasteiger partial charge in [-0.2, -0.15) is 0 Å². The Bertz CT molecular complexity index is 603. The molecule has 1 heterocycles. The van der Waals surface area contributed by atoms with E-state index in [-0.39, 0.29) is 22.5 Å². The molecule has 1 atom stereocenters. The molecule has 20 heavy (non-hydrogen) atoms. The number of likely N-dealkylation sites (N-methyl/N-ethyl adjacent to an activating group) is 1. The van der Waals surface area contributed by atoms with E-state index in [1.807, 2.05) is 11.4 Å². The van der Waals surface area contributed by atoms with Crippen LogP contribution in [0.25, 0.3) is 0 Å². The maximum Gasteiger partial charge on any atom is 0.143 e. The molecule has 0 spiro atoms. The van der Waals surface area contributed by atoms with E-state index in [1.165, 1.54) is 23.5 Å². The second kappa shape index (κ2) is 6.65. The lowest BCUT2D eigenvalue weighted by molar-refractivity contribution is 0.416. The Kier molecular flexibility index (Phi) is 5.12. The topological polar surface area (TPSA) is 21.3 Å². The number of hydrogen-bond acceptors (Lipinski definition) is 3. The third kappa shape index (κ3) is 3.19. The van der Waals surface area contributed by atoms with Crippen molar-refractivity contribution in [3.63, 3.8) is 0 Å². The Labute approximate surface area is 128 Å². The number of thiophene rings is 1. The molecule has 0 aliphatic rings. The number of halogens is 3. The fourth-order valence-electron chi connectivity index (χ4n) is 1.93. The molecule has 0 bridgehead atoms. The fourth-order valence-corrected chi connectivity index (χ4v) is 3.27. The largest absolute Gasteiger partial charge is 0.496 e. The first-order valence-electron chi connectivity index (χ1n) is 5.99. The molecule has 0 aliphatic heterocycles. The molecule has 1 N–H and O–H groups in total. The summed E-state index contributed by atoms with van der Waals surface area (Å²) in [5, 5.41) is 4.95. The van der Waals surface area contributed by atoms with Gasteiger partial charge in [0.2, 0.25) is 0 Å². The first kappa shape index (κ1) is 15.4. The maximum absolute atomic E-state index is 14.0. The number of benzene rings is 1. The van der Waals surface area contributed by atoms with Crippen LogP contribution in [0.15, 0.2) is 28.1 Å². The summed E-state index contributed by atoms with van der Waals surface area (Å²) in [6.45, 7) is 0. The summed E-state index contributed by atoms with van der Waals surface area (Å²) >= 11 is 4.58. The molecule has 0 aliphatic carbocycles. The molecule has 0 radical (unpaired) electrons. The Morgan fingerprint density at radius 1 is 1.40 bits per heavy atom. The smallest absolute Gasteiger partial charge is 0.143 e.